The molecule has 4 aromatic rings. The highest BCUT2D eigenvalue weighted by Gasteiger charge is 2.30. The highest BCUT2D eigenvalue weighted by atomic mass is 35.5. The van der Waals surface area contributed by atoms with Gasteiger partial charge in [0.1, 0.15) is 11.5 Å². The zero-order chi connectivity index (χ0) is 19.1. The van der Waals surface area contributed by atoms with Crippen LogP contribution >= 0.6 is 11.6 Å². The van der Waals surface area contributed by atoms with E-state index in [1.54, 1.807) is 6.33 Å². The molecule has 1 aliphatic rings. The Morgan fingerprint density at radius 2 is 1.89 bits per heavy atom. The van der Waals surface area contributed by atoms with Gasteiger partial charge < -0.3 is 15.5 Å². The molecule has 28 heavy (non-hydrogen) atoms. The molecule has 0 spiro atoms. The first-order chi connectivity index (χ1) is 13.7. The van der Waals surface area contributed by atoms with Crippen LogP contribution < -0.4 is 10.5 Å². The minimum absolute atomic E-state index is 0.130. The maximum atomic E-state index is 6.59. The molecule has 5 heteroatoms. The Balaban J connectivity index is 1.36. The molecule has 0 aliphatic heterocycles. The Morgan fingerprint density at radius 3 is 2.79 bits per heavy atom. The Hall–Kier alpha value is -2.82. The van der Waals surface area contributed by atoms with Gasteiger partial charge >= 0.3 is 0 Å². The summed E-state index contributed by atoms with van der Waals surface area (Å²) in [4.78, 5) is 7.31. The summed E-state index contributed by atoms with van der Waals surface area (Å²) in [6.07, 6.45) is 3.43. The number of benzene rings is 3. The number of fused-ring (bicyclic) bond motifs is 2. The first kappa shape index (κ1) is 17.3. The van der Waals surface area contributed by atoms with Gasteiger partial charge in [-0.05, 0) is 53.8 Å². The molecule has 3 aromatic carbocycles. The maximum Gasteiger partial charge on any atom is 0.129 e. The monoisotopic (exact) mass is 389 g/mol. The fraction of sp³-hybridized carbons (Fsp3) is 0.174. The van der Waals surface area contributed by atoms with Crippen molar-refractivity contribution >= 4 is 22.6 Å². The summed E-state index contributed by atoms with van der Waals surface area (Å²) < 4.78 is 5.98. The highest BCUT2D eigenvalue weighted by Crippen LogP contribution is 2.37. The lowest BCUT2D eigenvalue weighted by Crippen LogP contribution is -2.26. The molecule has 0 bridgehead atoms. The minimum Gasteiger partial charge on any atom is -0.457 e. The van der Waals surface area contributed by atoms with E-state index in [4.69, 9.17) is 22.1 Å². The van der Waals surface area contributed by atoms with Gasteiger partial charge in [0.15, 0.2) is 0 Å². The molecular formula is C23H20ClN3O. The molecule has 1 aromatic heterocycles. The second-order valence-electron chi connectivity index (χ2n) is 7.31. The molecule has 1 aliphatic carbocycles. The van der Waals surface area contributed by atoms with E-state index in [0.717, 1.165) is 35.2 Å². The van der Waals surface area contributed by atoms with Gasteiger partial charge in [-0.1, -0.05) is 41.9 Å². The summed E-state index contributed by atoms with van der Waals surface area (Å²) in [5.74, 6) is 1.75. The molecule has 0 saturated heterocycles. The largest absolute Gasteiger partial charge is 0.457 e. The van der Waals surface area contributed by atoms with Crippen molar-refractivity contribution in [2.45, 2.75) is 24.8 Å². The van der Waals surface area contributed by atoms with Crippen molar-refractivity contribution in [2.24, 2.45) is 5.73 Å². The van der Waals surface area contributed by atoms with Crippen LogP contribution in [0.15, 0.2) is 67.0 Å². The SMILES string of the molecule is NC1Cc2ccccc2C1Cc1ccc(Oc2ccc3nc[nH]c3c2)cc1Cl. The third kappa shape index (κ3) is 3.15. The van der Waals surface area contributed by atoms with Crippen molar-refractivity contribution in [3.63, 3.8) is 0 Å². The van der Waals surface area contributed by atoms with Gasteiger partial charge in [0.25, 0.3) is 0 Å². The fourth-order valence-corrected chi connectivity index (χ4v) is 4.33. The fourth-order valence-electron chi connectivity index (χ4n) is 4.08. The van der Waals surface area contributed by atoms with Crippen LogP contribution in [0.25, 0.3) is 11.0 Å². The summed E-state index contributed by atoms with van der Waals surface area (Å²) in [5, 5.41) is 0.705. The lowest BCUT2D eigenvalue weighted by molar-refractivity contribution is 0.483. The lowest BCUT2D eigenvalue weighted by atomic mass is 9.91. The van der Waals surface area contributed by atoms with E-state index in [2.05, 4.69) is 34.2 Å². The third-order valence-electron chi connectivity index (χ3n) is 5.52. The predicted molar refractivity (Wildman–Crippen MR) is 112 cm³/mol. The topological polar surface area (TPSA) is 63.9 Å². The molecule has 140 valence electrons. The van der Waals surface area contributed by atoms with Crippen molar-refractivity contribution in [1.29, 1.82) is 0 Å². The molecule has 1 heterocycles. The second kappa shape index (κ2) is 6.97. The number of rotatable bonds is 4. The van der Waals surface area contributed by atoms with E-state index >= 15 is 0 Å². The number of nitrogens with two attached hydrogens (primary N) is 1. The molecular weight excluding hydrogens is 370 g/mol. The molecule has 4 nitrogen and oxygen atoms in total. The van der Waals surface area contributed by atoms with E-state index in [9.17, 15) is 0 Å². The van der Waals surface area contributed by atoms with Crippen LogP contribution in [0.5, 0.6) is 11.5 Å². The summed E-state index contributed by atoms with van der Waals surface area (Å²) >= 11 is 6.59. The molecule has 0 radical (unpaired) electrons. The first-order valence-corrected chi connectivity index (χ1v) is 9.78. The minimum atomic E-state index is 0.130. The van der Waals surface area contributed by atoms with Crippen LogP contribution in [-0.4, -0.2) is 16.0 Å². The first-order valence-electron chi connectivity index (χ1n) is 9.40. The van der Waals surface area contributed by atoms with Crippen molar-refractivity contribution in [1.82, 2.24) is 9.97 Å². The predicted octanol–water partition coefficient (Wildman–Crippen LogP) is 5.22. The molecule has 0 saturated carbocycles. The van der Waals surface area contributed by atoms with Crippen LogP contribution in [0.2, 0.25) is 5.02 Å². The summed E-state index contributed by atoms with van der Waals surface area (Å²) in [6.45, 7) is 0. The molecule has 2 unspecified atom stereocenters. The Bertz CT molecular complexity index is 1150. The quantitative estimate of drug-likeness (QED) is 0.503. The lowest BCUT2D eigenvalue weighted by Gasteiger charge is -2.18. The Labute approximate surface area is 168 Å². The van der Waals surface area contributed by atoms with Gasteiger partial charge in [-0.15, -0.1) is 0 Å². The van der Waals surface area contributed by atoms with Gasteiger partial charge in [-0.2, -0.15) is 0 Å². The Morgan fingerprint density at radius 1 is 1.07 bits per heavy atom. The van der Waals surface area contributed by atoms with Crippen molar-refractivity contribution < 1.29 is 4.74 Å². The van der Waals surface area contributed by atoms with Gasteiger partial charge in [-0.25, -0.2) is 4.98 Å². The number of aromatic amines is 1. The molecule has 0 fully saturated rings. The normalized spacial score (nSPS) is 18.4. The number of imidazole rings is 1. The van der Waals surface area contributed by atoms with Crippen LogP contribution in [0, 0.1) is 0 Å². The average Bonchev–Trinajstić information content (AvgIpc) is 3.28. The zero-order valence-electron chi connectivity index (χ0n) is 15.2. The van der Waals surface area contributed by atoms with Gasteiger partial charge in [-0.3, -0.25) is 0 Å². The number of nitrogens with one attached hydrogen (secondary N) is 1. The highest BCUT2D eigenvalue weighted by molar-refractivity contribution is 6.31. The van der Waals surface area contributed by atoms with Gasteiger partial charge in [0, 0.05) is 23.0 Å². The number of aromatic nitrogens is 2. The van der Waals surface area contributed by atoms with Crippen molar-refractivity contribution in [3.05, 3.63) is 88.7 Å². The van der Waals surface area contributed by atoms with E-state index < -0.39 is 0 Å². The molecule has 2 atom stereocenters. The van der Waals surface area contributed by atoms with Crippen LogP contribution in [-0.2, 0) is 12.8 Å². The van der Waals surface area contributed by atoms with E-state index in [1.165, 1.54) is 11.1 Å². The number of ether oxygens (including phenoxy) is 1. The zero-order valence-corrected chi connectivity index (χ0v) is 16.0. The summed E-state index contributed by atoms with van der Waals surface area (Å²) in [7, 11) is 0. The van der Waals surface area contributed by atoms with Crippen molar-refractivity contribution in [3.8, 4) is 11.5 Å². The smallest absolute Gasteiger partial charge is 0.129 e. The third-order valence-corrected chi connectivity index (χ3v) is 5.87. The van der Waals surface area contributed by atoms with E-state index in [0.29, 0.717) is 16.7 Å². The van der Waals surface area contributed by atoms with Gasteiger partial charge in [0.2, 0.25) is 0 Å². The number of hydrogen-bond acceptors (Lipinski definition) is 3. The number of hydrogen-bond donors (Lipinski definition) is 2. The molecule has 0 amide bonds. The van der Waals surface area contributed by atoms with Crippen LogP contribution in [0.4, 0.5) is 0 Å². The Kier molecular flexibility index (Phi) is 4.30. The maximum absolute atomic E-state index is 6.59. The number of H-pyrrole nitrogens is 1. The standard InChI is InChI=1S/C23H20ClN3O/c24-20-11-16(28-17-7-8-22-23(12-17)27-13-26-22)6-5-15(20)9-19-18-4-2-1-3-14(18)10-21(19)25/h1-8,11-13,19,21H,9-10,25H2,(H,26,27). The summed E-state index contributed by atoms with van der Waals surface area (Å²) in [6, 6.07) is 20.3. The van der Waals surface area contributed by atoms with E-state index in [1.807, 2.05) is 36.4 Å². The van der Waals surface area contributed by atoms with Crippen LogP contribution in [0.1, 0.15) is 22.6 Å². The second-order valence-corrected chi connectivity index (χ2v) is 7.72. The molecule has 5 rings (SSSR count). The van der Waals surface area contributed by atoms with Gasteiger partial charge in [0.05, 0.1) is 17.4 Å². The number of nitrogens with zero attached hydrogens (tertiary/aromatic N) is 1. The van der Waals surface area contributed by atoms with Crippen molar-refractivity contribution in [2.75, 3.05) is 0 Å². The van der Waals surface area contributed by atoms with Crippen LogP contribution in [0.3, 0.4) is 0 Å². The summed E-state index contributed by atoms with van der Waals surface area (Å²) in [5.41, 5.74) is 12.1. The average molecular weight is 390 g/mol. The molecule has 3 N–H and O–H groups in total. The van der Waals surface area contributed by atoms with E-state index in [-0.39, 0.29) is 6.04 Å². The number of halogens is 1.